The standard InChI is InChI=1S/C13H14N2O4/c1-3-14-11-5-4-9(15(18)19)6-10(11)8(2)12(14)7-13(16)17/h4-6H,3,7H2,1-2H3,(H,16,17). The highest BCUT2D eigenvalue weighted by molar-refractivity contribution is 5.88. The number of hydrogen-bond donors (Lipinski definition) is 1. The second-order valence-electron chi connectivity index (χ2n) is 4.35. The van der Waals surface area contributed by atoms with Crippen LogP contribution in [0.1, 0.15) is 18.2 Å². The van der Waals surface area contributed by atoms with Gasteiger partial charge in [0, 0.05) is 35.3 Å². The Hall–Kier alpha value is -2.37. The number of nitro groups is 1. The van der Waals surface area contributed by atoms with Gasteiger partial charge in [-0.3, -0.25) is 14.9 Å². The molecule has 19 heavy (non-hydrogen) atoms. The van der Waals surface area contributed by atoms with Crippen molar-refractivity contribution in [2.75, 3.05) is 0 Å². The zero-order valence-electron chi connectivity index (χ0n) is 10.7. The first-order valence-corrected chi connectivity index (χ1v) is 5.93. The molecular weight excluding hydrogens is 248 g/mol. The molecule has 1 N–H and O–H groups in total. The minimum Gasteiger partial charge on any atom is -0.481 e. The van der Waals surface area contributed by atoms with Crippen molar-refractivity contribution in [1.82, 2.24) is 4.57 Å². The zero-order valence-corrected chi connectivity index (χ0v) is 10.7. The predicted molar refractivity (Wildman–Crippen MR) is 70.3 cm³/mol. The van der Waals surface area contributed by atoms with E-state index < -0.39 is 10.9 Å². The molecule has 1 heterocycles. The maximum Gasteiger partial charge on any atom is 0.309 e. The lowest BCUT2D eigenvalue weighted by Gasteiger charge is -2.06. The van der Waals surface area contributed by atoms with E-state index in [1.54, 1.807) is 13.0 Å². The highest BCUT2D eigenvalue weighted by Crippen LogP contribution is 2.29. The number of fused-ring (bicyclic) bond motifs is 1. The number of carboxylic acid groups (broad SMARTS) is 1. The second-order valence-corrected chi connectivity index (χ2v) is 4.35. The molecule has 0 saturated carbocycles. The molecule has 0 aliphatic rings. The average Bonchev–Trinajstić information content (AvgIpc) is 2.61. The highest BCUT2D eigenvalue weighted by atomic mass is 16.6. The third-order valence-electron chi connectivity index (χ3n) is 3.28. The molecule has 6 heteroatoms. The monoisotopic (exact) mass is 262 g/mol. The molecular formula is C13H14N2O4. The molecule has 0 aliphatic heterocycles. The van der Waals surface area contributed by atoms with Crippen LogP contribution in [0.4, 0.5) is 5.69 Å². The summed E-state index contributed by atoms with van der Waals surface area (Å²) in [7, 11) is 0. The summed E-state index contributed by atoms with van der Waals surface area (Å²) in [6.45, 7) is 4.35. The van der Waals surface area contributed by atoms with Crippen molar-refractivity contribution >= 4 is 22.6 Å². The summed E-state index contributed by atoms with van der Waals surface area (Å²) < 4.78 is 1.89. The largest absolute Gasteiger partial charge is 0.481 e. The lowest BCUT2D eigenvalue weighted by atomic mass is 10.1. The smallest absolute Gasteiger partial charge is 0.309 e. The fourth-order valence-corrected chi connectivity index (χ4v) is 2.41. The van der Waals surface area contributed by atoms with Crippen molar-refractivity contribution in [1.29, 1.82) is 0 Å². The Morgan fingerprint density at radius 3 is 2.68 bits per heavy atom. The van der Waals surface area contributed by atoms with Gasteiger partial charge in [0.05, 0.1) is 11.3 Å². The maximum absolute atomic E-state index is 10.9. The Bertz CT molecular complexity index is 673. The zero-order chi connectivity index (χ0) is 14.2. The van der Waals surface area contributed by atoms with Crippen LogP contribution in [0.3, 0.4) is 0 Å². The minimum atomic E-state index is -0.907. The summed E-state index contributed by atoms with van der Waals surface area (Å²) in [6.07, 6.45) is -0.0812. The van der Waals surface area contributed by atoms with E-state index in [4.69, 9.17) is 5.11 Å². The molecule has 100 valence electrons. The van der Waals surface area contributed by atoms with Gasteiger partial charge in [-0.2, -0.15) is 0 Å². The van der Waals surface area contributed by atoms with E-state index in [0.717, 1.165) is 16.5 Å². The summed E-state index contributed by atoms with van der Waals surface area (Å²) in [5.74, 6) is -0.907. The number of nitro benzene ring substituents is 1. The Balaban J connectivity index is 2.72. The Labute approximate surface area is 109 Å². The molecule has 0 bridgehead atoms. The summed E-state index contributed by atoms with van der Waals surface area (Å²) in [5.41, 5.74) is 2.35. The van der Waals surface area contributed by atoms with Gasteiger partial charge in [-0.15, -0.1) is 0 Å². The van der Waals surface area contributed by atoms with E-state index in [-0.39, 0.29) is 12.1 Å². The second kappa shape index (κ2) is 4.72. The van der Waals surface area contributed by atoms with E-state index in [2.05, 4.69) is 0 Å². The Kier molecular flexibility index (Phi) is 3.25. The third-order valence-corrected chi connectivity index (χ3v) is 3.28. The van der Waals surface area contributed by atoms with Crippen molar-refractivity contribution in [2.24, 2.45) is 0 Å². The van der Waals surface area contributed by atoms with Gasteiger partial charge >= 0.3 is 5.97 Å². The number of aliphatic carboxylic acids is 1. The number of rotatable bonds is 4. The van der Waals surface area contributed by atoms with Gasteiger partial charge < -0.3 is 9.67 Å². The Morgan fingerprint density at radius 1 is 1.47 bits per heavy atom. The number of carboxylic acids is 1. The minimum absolute atomic E-state index is 0.0192. The number of non-ortho nitro benzene ring substituents is 1. The van der Waals surface area contributed by atoms with E-state index in [9.17, 15) is 14.9 Å². The average molecular weight is 262 g/mol. The van der Waals surface area contributed by atoms with E-state index in [1.165, 1.54) is 12.1 Å². The van der Waals surface area contributed by atoms with Crippen molar-refractivity contribution in [2.45, 2.75) is 26.8 Å². The van der Waals surface area contributed by atoms with Crippen molar-refractivity contribution in [3.8, 4) is 0 Å². The van der Waals surface area contributed by atoms with E-state index in [0.29, 0.717) is 12.2 Å². The van der Waals surface area contributed by atoms with Gasteiger partial charge in [0.1, 0.15) is 0 Å². The van der Waals surface area contributed by atoms with Crippen LogP contribution < -0.4 is 0 Å². The number of hydrogen-bond acceptors (Lipinski definition) is 3. The van der Waals surface area contributed by atoms with Crippen molar-refractivity contribution in [3.63, 3.8) is 0 Å². The first-order valence-electron chi connectivity index (χ1n) is 5.93. The van der Waals surface area contributed by atoms with Crippen molar-refractivity contribution < 1.29 is 14.8 Å². The molecule has 0 radical (unpaired) electrons. The molecule has 0 atom stereocenters. The van der Waals surface area contributed by atoms with Crippen LogP contribution >= 0.6 is 0 Å². The maximum atomic E-state index is 10.9. The van der Waals surface area contributed by atoms with Crippen LogP contribution in [0.25, 0.3) is 10.9 Å². The first kappa shape index (κ1) is 13.1. The summed E-state index contributed by atoms with van der Waals surface area (Å²) in [4.78, 5) is 21.3. The number of nitrogens with zero attached hydrogens (tertiary/aromatic N) is 2. The molecule has 2 aromatic rings. The molecule has 1 aromatic heterocycles. The van der Waals surface area contributed by atoms with Crippen LogP contribution in [0.2, 0.25) is 0 Å². The molecule has 6 nitrogen and oxygen atoms in total. The Morgan fingerprint density at radius 2 is 2.16 bits per heavy atom. The van der Waals surface area contributed by atoms with Crippen LogP contribution in [-0.4, -0.2) is 20.6 Å². The molecule has 0 spiro atoms. The highest BCUT2D eigenvalue weighted by Gasteiger charge is 2.18. The fourth-order valence-electron chi connectivity index (χ4n) is 2.41. The lowest BCUT2D eigenvalue weighted by Crippen LogP contribution is -2.08. The SMILES string of the molecule is CCn1c(CC(=O)O)c(C)c2cc([N+](=O)[O-])ccc21. The number of carbonyl (C=O) groups is 1. The van der Waals surface area contributed by atoms with Gasteiger partial charge in [-0.1, -0.05) is 0 Å². The van der Waals surface area contributed by atoms with E-state index in [1.807, 2.05) is 11.5 Å². The normalized spacial score (nSPS) is 10.8. The molecule has 0 amide bonds. The quantitative estimate of drug-likeness (QED) is 0.677. The van der Waals surface area contributed by atoms with Gasteiger partial charge in [0.2, 0.25) is 0 Å². The van der Waals surface area contributed by atoms with E-state index >= 15 is 0 Å². The van der Waals surface area contributed by atoms with Crippen LogP contribution in [0.15, 0.2) is 18.2 Å². The van der Waals surface area contributed by atoms with Crippen LogP contribution in [0, 0.1) is 17.0 Å². The number of aromatic nitrogens is 1. The van der Waals surface area contributed by atoms with Crippen LogP contribution in [0.5, 0.6) is 0 Å². The number of aryl methyl sites for hydroxylation is 2. The predicted octanol–water partition coefficient (Wildman–Crippen LogP) is 2.50. The summed E-state index contributed by atoms with van der Waals surface area (Å²) in [5, 5.41) is 20.5. The molecule has 0 saturated heterocycles. The summed E-state index contributed by atoms with van der Waals surface area (Å²) in [6, 6.07) is 4.62. The van der Waals surface area contributed by atoms with Gasteiger partial charge in [0.15, 0.2) is 0 Å². The lowest BCUT2D eigenvalue weighted by molar-refractivity contribution is -0.384. The third kappa shape index (κ3) is 2.16. The van der Waals surface area contributed by atoms with Crippen LogP contribution in [-0.2, 0) is 17.8 Å². The molecule has 0 fully saturated rings. The molecule has 2 rings (SSSR count). The molecule has 1 aromatic carbocycles. The van der Waals surface area contributed by atoms with Gasteiger partial charge in [0.25, 0.3) is 5.69 Å². The molecule has 0 unspecified atom stereocenters. The fraction of sp³-hybridized carbons (Fsp3) is 0.308. The molecule has 0 aliphatic carbocycles. The summed E-state index contributed by atoms with van der Waals surface area (Å²) >= 11 is 0. The van der Waals surface area contributed by atoms with Gasteiger partial charge in [-0.25, -0.2) is 0 Å². The van der Waals surface area contributed by atoms with Crippen molar-refractivity contribution in [3.05, 3.63) is 39.6 Å². The topological polar surface area (TPSA) is 85.4 Å². The first-order chi connectivity index (χ1) is 8.95. The number of benzene rings is 1. The van der Waals surface area contributed by atoms with Gasteiger partial charge in [-0.05, 0) is 25.5 Å².